The van der Waals surface area contributed by atoms with Crippen molar-refractivity contribution in [2.24, 2.45) is 0 Å². The molecule has 17 heavy (non-hydrogen) atoms. The molecule has 0 bridgehead atoms. The number of hydrogen-bond acceptors (Lipinski definition) is 2. The Bertz CT molecular complexity index is 474. The Hall–Kier alpha value is -1.06. The first-order valence-corrected chi connectivity index (χ1v) is 6.34. The molecule has 90 valence electrons. The number of carbonyl (C=O) groups is 1. The molecular formula is C13H15ClN2O. The quantitative estimate of drug-likeness (QED) is 0.705. The Morgan fingerprint density at radius 3 is 3.06 bits per heavy atom. The van der Waals surface area contributed by atoms with Crippen LogP contribution < -0.4 is 4.90 Å². The minimum Gasteiger partial charge on any atom is -0.314 e. The minimum atomic E-state index is 0.0613. The summed E-state index contributed by atoms with van der Waals surface area (Å²) in [6.45, 7) is 1.84. The second-order valence-electron chi connectivity index (χ2n) is 4.80. The Kier molecular flexibility index (Phi) is 2.60. The highest BCUT2D eigenvalue weighted by atomic mass is 35.5. The number of carbonyl (C=O) groups excluding carboxylic acids is 1. The summed E-state index contributed by atoms with van der Waals surface area (Å²) in [6, 6.07) is 5.82. The zero-order valence-electron chi connectivity index (χ0n) is 9.82. The molecule has 1 saturated heterocycles. The van der Waals surface area contributed by atoms with Crippen LogP contribution in [0.2, 0.25) is 5.02 Å². The third kappa shape index (κ3) is 1.74. The van der Waals surface area contributed by atoms with E-state index in [-0.39, 0.29) is 11.9 Å². The van der Waals surface area contributed by atoms with E-state index in [1.54, 1.807) is 4.90 Å². The second-order valence-corrected chi connectivity index (χ2v) is 5.24. The van der Waals surface area contributed by atoms with Crippen LogP contribution in [0.3, 0.4) is 0 Å². The highest BCUT2D eigenvalue weighted by molar-refractivity contribution is 6.30. The molecule has 1 aromatic carbocycles. The molecule has 1 unspecified atom stereocenters. The summed E-state index contributed by atoms with van der Waals surface area (Å²) < 4.78 is 0. The number of fused-ring (bicyclic) bond motifs is 2. The van der Waals surface area contributed by atoms with E-state index in [0.29, 0.717) is 0 Å². The molecule has 2 heterocycles. The van der Waals surface area contributed by atoms with Gasteiger partial charge in [-0.15, -0.1) is 0 Å². The van der Waals surface area contributed by atoms with Crippen LogP contribution >= 0.6 is 11.6 Å². The lowest BCUT2D eigenvalue weighted by Gasteiger charge is -2.22. The number of likely N-dealkylation sites (N-methyl/N-ethyl adjacent to an activating group) is 1. The summed E-state index contributed by atoms with van der Waals surface area (Å²) in [7, 11) is 1.86. The van der Waals surface area contributed by atoms with E-state index in [1.807, 2.05) is 25.2 Å². The molecule has 0 aliphatic carbocycles. The molecule has 3 nitrogen and oxygen atoms in total. The van der Waals surface area contributed by atoms with Crippen molar-refractivity contribution in [2.75, 3.05) is 18.5 Å². The van der Waals surface area contributed by atoms with Crippen LogP contribution in [0.5, 0.6) is 0 Å². The van der Waals surface area contributed by atoms with Crippen molar-refractivity contribution in [1.82, 2.24) is 4.90 Å². The molecule has 1 atom stereocenters. The molecule has 1 aromatic rings. The van der Waals surface area contributed by atoms with Gasteiger partial charge in [-0.05, 0) is 43.1 Å². The third-order valence-corrected chi connectivity index (χ3v) is 3.99. The van der Waals surface area contributed by atoms with Crippen LogP contribution in [0.25, 0.3) is 0 Å². The summed E-state index contributed by atoms with van der Waals surface area (Å²) in [5.41, 5.74) is 2.14. The summed E-state index contributed by atoms with van der Waals surface area (Å²) in [6.07, 6.45) is 2.09. The zero-order chi connectivity index (χ0) is 12.0. The van der Waals surface area contributed by atoms with Gasteiger partial charge in [-0.3, -0.25) is 9.69 Å². The second kappa shape index (κ2) is 4.00. The van der Waals surface area contributed by atoms with E-state index in [0.717, 1.165) is 42.2 Å². The number of amides is 1. The van der Waals surface area contributed by atoms with Crippen LogP contribution in [-0.2, 0) is 11.3 Å². The Labute approximate surface area is 106 Å². The molecule has 0 N–H and O–H groups in total. The van der Waals surface area contributed by atoms with E-state index in [2.05, 4.69) is 4.90 Å². The standard InChI is InChI=1S/C13H15ClN2O/c1-15-11-5-4-10(14)7-9(11)8-16-6-2-3-12(16)13(15)17/h4-5,7,12H,2-3,6,8H2,1H3. The maximum absolute atomic E-state index is 12.3. The van der Waals surface area contributed by atoms with Crippen molar-refractivity contribution < 1.29 is 4.79 Å². The van der Waals surface area contributed by atoms with Crippen molar-refractivity contribution >= 4 is 23.2 Å². The normalized spacial score (nSPS) is 24.5. The van der Waals surface area contributed by atoms with Gasteiger partial charge < -0.3 is 4.90 Å². The summed E-state index contributed by atoms with van der Waals surface area (Å²) >= 11 is 6.03. The molecule has 0 radical (unpaired) electrons. The smallest absolute Gasteiger partial charge is 0.244 e. The summed E-state index contributed by atoms with van der Waals surface area (Å²) in [4.78, 5) is 16.4. The fraction of sp³-hybridized carbons (Fsp3) is 0.462. The maximum atomic E-state index is 12.3. The monoisotopic (exact) mass is 250 g/mol. The van der Waals surface area contributed by atoms with E-state index < -0.39 is 0 Å². The van der Waals surface area contributed by atoms with Crippen LogP contribution in [0, 0.1) is 0 Å². The maximum Gasteiger partial charge on any atom is 0.244 e. The SMILES string of the molecule is CN1C(=O)C2CCCN2Cc2cc(Cl)ccc21. The van der Waals surface area contributed by atoms with Crippen molar-refractivity contribution in [1.29, 1.82) is 0 Å². The largest absolute Gasteiger partial charge is 0.314 e. The van der Waals surface area contributed by atoms with E-state index >= 15 is 0 Å². The summed E-state index contributed by atoms with van der Waals surface area (Å²) in [5, 5.41) is 0.738. The third-order valence-electron chi connectivity index (χ3n) is 3.76. The number of nitrogens with zero attached hydrogens (tertiary/aromatic N) is 2. The molecule has 1 fully saturated rings. The fourth-order valence-electron chi connectivity index (χ4n) is 2.86. The minimum absolute atomic E-state index is 0.0613. The van der Waals surface area contributed by atoms with Gasteiger partial charge in [-0.1, -0.05) is 11.6 Å². The van der Waals surface area contributed by atoms with Crippen molar-refractivity contribution in [3.63, 3.8) is 0 Å². The fourth-order valence-corrected chi connectivity index (χ4v) is 3.06. The number of rotatable bonds is 0. The first-order chi connectivity index (χ1) is 8.16. The van der Waals surface area contributed by atoms with E-state index in [4.69, 9.17) is 11.6 Å². The van der Waals surface area contributed by atoms with Gasteiger partial charge in [0.1, 0.15) is 0 Å². The first-order valence-electron chi connectivity index (χ1n) is 5.97. The van der Waals surface area contributed by atoms with Crippen LogP contribution in [0.15, 0.2) is 18.2 Å². The lowest BCUT2D eigenvalue weighted by molar-refractivity contribution is -0.122. The number of anilines is 1. The average molecular weight is 251 g/mol. The molecule has 0 saturated carbocycles. The van der Waals surface area contributed by atoms with Gasteiger partial charge in [0.2, 0.25) is 5.91 Å². The molecule has 0 aromatic heterocycles. The van der Waals surface area contributed by atoms with Gasteiger partial charge in [0.15, 0.2) is 0 Å². The Balaban J connectivity index is 2.08. The predicted molar refractivity (Wildman–Crippen MR) is 68.3 cm³/mol. The van der Waals surface area contributed by atoms with Gasteiger partial charge in [0.05, 0.1) is 6.04 Å². The van der Waals surface area contributed by atoms with Crippen LogP contribution in [0.4, 0.5) is 5.69 Å². The van der Waals surface area contributed by atoms with E-state index in [9.17, 15) is 4.79 Å². The summed E-state index contributed by atoms with van der Waals surface area (Å²) in [5.74, 6) is 0.212. The Morgan fingerprint density at radius 1 is 1.41 bits per heavy atom. The van der Waals surface area contributed by atoms with Gasteiger partial charge in [-0.25, -0.2) is 0 Å². The van der Waals surface area contributed by atoms with Crippen molar-refractivity contribution in [3.8, 4) is 0 Å². The van der Waals surface area contributed by atoms with Gasteiger partial charge in [0, 0.05) is 24.3 Å². The van der Waals surface area contributed by atoms with Crippen LogP contribution in [-0.4, -0.2) is 30.4 Å². The molecule has 2 aliphatic rings. The topological polar surface area (TPSA) is 23.6 Å². The lowest BCUT2D eigenvalue weighted by Crippen LogP contribution is -2.41. The van der Waals surface area contributed by atoms with E-state index in [1.165, 1.54) is 0 Å². The highest BCUT2D eigenvalue weighted by Gasteiger charge is 2.36. The molecule has 2 aliphatic heterocycles. The molecular weight excluding hydrogens is 236 g/mol. The molecule has 0 spiro atoms. The molecule has 3 rings (SSSR count). The van der Waals surface area contributed by atoms with Crippen LogP contribution in [0.1, 0.15) is 18.4 Å². The average Bonchev–Trinajstić information content (AvgIpc) is 2.72. The molecule has 1 amide bonds. The lowest BCUT2D eigenvalue weighted by atomic mass is 10.1. The zero-order valence-corrected chi connectivity index (χ0v) is 10.6. The predicted octanol–water partition coefficient (Wildman–Crippen LogP) is 2.28. The number of benzene rings is 1. The number of halogens is 1. The highest BCUT2D eigenvalue weighted by Crippen LogP contribution is 2.32. The van der Waals surface area contributed by atoms with Crippen molar-refractivity contribution in [2.45, 2.75) is 25.4 Å². The van der Waals surface area contributed by atoms with Gasteiger partial charge in [0.25, 0.3) is 0 Å². The molecule has 4 heteroatoms. The number of hydrogen-bond donors (Lipinski definition) is 0. The van der Waals surface area contributed by atoms with Gasteiger partial charge >= 0.3 is 0 Å². The first kappa shape index (κ1) is 11.1. The van der Waals surface area contributed by atoms with Gasteiger partial charge in [-0.2, -0.15) is 0 Å². The van der Waals surface area contributed by atoms with Crippen molar-refractivity contribution in [3.05, 3.63) is 28.8 Å². The Morgan fingerprint density at radius 2 is 2.24 bits per heavy atom.